The second kappa shape index (κ2) is 8.73. The van der Waals surface area contributed by atoms with E-state index >= 15 is 0 Å². The number of carbonyl (C=O) groups is 2. The van der Waals surface area contributed by atoms with E-state index in [1.54, 1.807) is 4.90 Å². The van der Waals surface area contributed by atoms with Crippen molar-refractivity contribution in [3.8, 4) is 0 Å². The molecule has 2 aromatic carbocycles. The SMILES string of the molecule is C[C@H](CC=O)CN(C(=O)OCc1ccccc1)c1ccccc1. The fourth-order valence-electron chi connectivity index (χ4n) is 2.24. The standard InChI is InChI=1S/C19H21NO3/c1-16(12-13-21)14-20(18-10-6-3-7-11-18)19(22)23-15-17-8-4-2-5-9-17/h2-11,13,16H,12,14-15H2,1H3/t16-/m1/s1. The van der Waals surface area contributed by atoms with Gasteiger partial charge in [0.15, 0.2) is 0 Å². The Morgan fingerprint density at radius 1 is 1.09 bits per heavy atom. The van der Waals surface area contributed by atoms with Gasteiger partial charge in [0.25, 0.3) is 0 Å². The number of benzene rings is 2. The molecule has 1 atom stereocenters. The molecule has 23 heavy (non-hydrogen) atoms. The van der Waals surface area contributed by atoms with Crippen LogP contribution in [0.2, 0.25) is 0 Å². The summed E-state index contributed by atoms with van der Waals surface area (Å²) in [5, 5.41) is 0. The lowest BCUT2D eigenvalue weighted by molar-refractivity contribution is -0.108. The summed E-state index contributed by atoms with van der Waals surface area (Å²) in [6.45, 7) is 2.61. The lowest BCUT2D eigenvalue weighted by Crippen LogP contribution is -2.35. The Bertz CT molecular complexity index is 613. The van der Waals surface area contributed by atoms with Crippen LogP contribution in [0.4, 0.5) is 10.5 Å². The van der Waals surface area contributed by atoms with Crippen LogP contribution in [-0.2, 0) is 16.1 Å². The number of amides is 1. The molecule has 0 unspecified atom stereocenters. The highest BCUT2D eigenvalue weighted by atomic mass is 16.6. The van der Waals surface area contributed by atoms with E-state index in [9.17, 15) is 9.59 Å². The number of rotatable bonds is 7. The lowest BCUT2D eigenvalue weighted by Gasteiger charge is -2.24. The van der Waals surface area contributed by atoms with Gasteiger partial charge in [-0.2, -0.15) is 0 Å². The predicted molar refractivity (Wildman–Crippen MR) is 90.3 cm³/mol. The van der Waals surface area contributed by atoms with Crippen molar-refractivity contribution >= 4 is 18.1 Å². The molecule has 0 bridgehead atoms. The molecule has 0 fully saturated rings. The molecule has 0 saturated heterocycles. The van der Waals surface area contributed by atoms with E-state index in [0.717, 1.165) is 17.5 Å². The highest BCUT2D eigenvalue weighted by molar-refractivity contribution is 5.87. The molecule has 0 saturated carbocycles. The molecular formula is C19H21NO3. The maximum absolute atomic E-state index is 12.5. The maximum atomic E-state index is 12.5. The number of ether oxygens (including phenoxy) is 1. The Morgan fingerprint density at radius 3 is 2.30 bits per heavy atom. The van der Waals surface area contributed by atoms with Crippen LogP contribution >= 0.6 is 0 Å². The van der Waals surface area contributed by atoms with E-state index < -0.39 is 6.09 Å². The quantitative estimate of drug-likeness (QED) is 0.725. The summed E-state index contributed by atoms with van der Waals surface area (Å²) in [5.74, 6) is 0.0666. The smallest absolute Gasteiger partial charge is 0.414 e. The fraction of sp³-hybridized carbons (Fsp3) is 0.263. The molecule has 0 aliphatic rings. The largest absolute Gasteiger partial charge is 0.444 e. The minimum Gasteiger partial charge on any atom is -0.444 e. The van der Waals surface area contributed by atoms with Gasteiger partial charge in [-0.05, 0) is 23.6 Å². The van der Waals surface area contributed by atoms with Crippen molar-refractivity contribution in [3.63, 3.8) is 0 Å². The number of hydrogen-bond donors (Lipinski definition) is 0. The lowest BCUT2D eigenvalue weighted by atomic mass is 10.1. The Kier molecular flexibility index (Phi) is 6.36. The summed E-state index contributed by atoms with van der Waals surface area (Å²) in [7, 11) is 0. The fourth-order valence-corrected chi connectivity index (χ4v) is 2.24. The zero-order chi connectivity index (χ0) is 16.5. The van der Waals surface area contributed by atoms with E-state index in [1.165, 1.54) is 0 Å². The van der Waals surface area contributed by atoms with Gasteiger partial charge in [0.2, 0.25) is 0 Å². The van der Waals surface area contributed by atoms with Crippen LogP contribution in [0.15, 0.2) is 60.7 Å². The summed E-state index contributed by atoms with van der Waals surface area (Å²) >= 11 is 0. The second-order valence-electron chi connectivity index (χ2n) is 5.49. The monoisotopic (exact) mass is 311 g/mol. The van der Waals surface area contributed by atoms with Gasteiger partial charge in [-0.1, -0.05) is 55.5 Å². The number of carbonyl (C=O) groups excluding carboxylic acids is 2. The number of para-hydroxylation sites is 1. The van der Waals surface area contributed by atoms with Crippen molar-refractivity contribution < 1.29 is 14.3 Å². The molecule has 1 amide bonds. The van der Waals surface area contributed by atoms with Gasteiger partial charge < -0.3 is 9.53 Å². The van der Waals surface area contributed by atoms with Crippen LogP contribution in [-0.4, -0.2) is 18.9 Å². The van der Waals surface area contributed by atoms with Crippen molar-refractivity contribution in [3.05, 3.63) is 66.2 Å². The summed E-state index contributed by atoms with van der Waals surface area (Å²) in [6.07, 6.45) is 0.885. The first-order valence-corrected chi connectivity index (χ1v) is 7.67. The summed E-state index contributed by atoms with van der Waals surface area (Å²) in [5.41, 5.74) is 1.71. The van der Waals surface area contributed by atoms with Gasteiger partial charge in [0.05, 0.1) is 0 Å². The van der Waals surface area contributed by atoms with Gasteiger partial charge in [0, 0.05) is 18.7 Å². The maximum Gasteiger partial charge on any atom is 0.414 e. The molecule has 4 nitrogen and oxygen atoms in total. The zero-order valence-corrected chi connectivity index (χ0v) is 13.2. The van der Waals surface area contributed by atoms with Gasteiger partial charge >= 0.3 is 6.09 Å². The molecule has 0 spiro atoms. The minimum absolute atomic E-state index is 0.0666. The van der Waals surface area contributed by atoms with Crippen molar-refractivity contribution in [2.24, 2.45) is 5.92 Å². The zero-order valence-electron chi connectivity index (χ0n) is 13.2. The number of anilines is 1. The third-order valence-electron chi connectivity index (χ3n) is 3.49. The Morgan fingerprint density at radius 2 is 1.70 bits per heavy atom. The molecule has 0 N–H and O–H groups in total. The molecule has 0 aromatic heterocycles. The average molecular weight is 311 g/mol. The Hall–Kier alpha value is -2.62. The van der Waals surface area contributed by atoms with Gasteiger partial charge in [-0.15, -0.1) is 0 Å². The Labute approximate surface area is 136 Å². The predicted octanol–water partition coefficient (Wildman–Crippen LogP) is 4.05. The normalized spacial score (nSPS) is 11.5. The van der Waals surface area contributed by atoms with Gasteiger partial charge in [-0.3, -0.25) is 4.90 Å². The van der Waals surface area contributed by atoms with E-state index in [1.807, 2.05) is 67.6 Å². The molecule has 4 heteroatoms. The van der Waals surface area contributed by atoms with Crippen molar-refractivity contribution in [1.29, 1.82) is 0 Å². The highest BCUT2D eigenvalue weighted by Gasteiger charge is 2.19. The summed E-state index contributed by atoms with van der Waals surface area (Å²) < 4.78 is 5.42. The molecule has 0 aliphatic carbocycles. The molecule has 120 valence electrons. The van der Waals surface area contributed by atoms with Crippen LogP contribution in [0, 0.1) is 5.92 Å². The molecular weight excluding hydrogens is 290 g/mol. The molecule has 2 rings (SSSR count). The molecule has 0 radical (unpaired) electrons. The van der Waals surface area contributed by atoms with Crippen LogP contribution < -0.4 is 4.90 Å². The number of hydrogen-bond acceptors (Lipinski definition) is 3. The summed E-state index contributed by atoms with van der Waals surface area (Å²) in [6, 6.07) is 18.9. The van der Waals surface area contributed by atoms with E-state index in [4.69, 9.17) is 4.74 Å². The summed E-state index contributed by atoms with van der Waals surface area (Å²) in [4.78, 5) is 24.7. The van der Waals surface area contributed by atoms with Crippen molar-refractivity contribution in [2.45, 2.75) is 20.0 Å². The number of nitrogens with zero attached hydrogens (tertiary/aromatic N) is 1. The molecule has 0 heterocycles. The third kappa shape index (κ3) is 5.25. The van der Waals surface area contributed by atoms with Crippen LogP contribution in [0.5, 0.6) is 0 Å². The second-order valence-corrected chi connectivity index (χ2v) is 5.49. The Balaban J connectivity index is 2.06. The first kappa shape index (κ1) is 16.7. The van der Waals surface area contributed by atoms with Crippen molar-refractivity contribution in [1.82, 2.24) is 0 Å². The van der Waals surface area contributed by atoms with Gasteiger partial charge in [-0.25, -0.2) is 4.79 Å². The molecule has 0 aliphatic heterocycles. The first-order chi connectivity index (χ1) is 11.2. The van der Waals surface area contributed by atoms with Crippen molar-refractivity contribution in [2.75, 3.05) is 11.4 Å². The first-order valence-electron chi connectivity index (χ1n) is 7.67. The van der Waals surface area contributed by atoms with Crippen LogP contribution in [0.1, 0.15) is 18.9 Å². The average Bonchev–Trinajstić information content (AvgIpc) is 2.59. The van der Waals surface area contributed by atoms with E-state index in [2.05, 4.69) is 0 Å². The molecule has 2 aromatic rings. The topological polar surface area (TPSA) is 46.6 Å². The van der Waals surface area contributed by atoms with E-state index in [0.29, 0.717) is 13.0 Å². The third-order valence-corrected chi connectivity index (χ3v) is 3.49. The van der Waals surface area contributed by atoms with Gasteiger partial charge in [0.1, 0.15) is 12.9 Å². The highest BCUT2D eigenvalue weighted by Crippen LogP contribution is 2.18. The van der Waals surface area contributed by atoms with Crippen LogP contribution in [0.25, 0.3) is 0 Å². The van der Waals surface area contributed by atoms with E-state index in [-0.39, 0.29) is 12.5 Å². The minimum atomic E-state index is -0.405. The number of aldehydes is 1. The van der Waals surface area contributed by atoms with Crippen LogP contribution in [0.3, 0.4) is 0 Å².